The van der Waals surface area contributed by atoms with Crippen LogP contribution in [0.25, 0.3) is 16.7 Å². The van der Waals surface area contributed by atoms with Gasteiger partial charge in [0.15, 0.2) is 0 Å². The highest BCUT2D eigenvalue weighted by Crippen LogP contribution is 2.37. The number of halogens is 4. The van der Waals surface area contributed by atoms with Crippen molar-refractivity contribution in [3.8, 4) is 5.69 Å². The summed E-state index contributed by atoms with van der Waals surface area (Å²) in [5.41, 5.74) is 2.15. The van der Waals surface area contributed by atoms with Crippen molar-refractivity contribution in [2.45, 2.75) is 50.7 Å². The summed E-state index contributed by atoms with van der Waals surface area (Å²) >= 11 is 5.97. The molecule has 7 nitrogen and oxygen atoms in total. The molecule has 206 valence electrons. The number of amides is 2. The smallest absolute Gasteiger partial charge is 0.335 e. The van der Waals surface area contributed by atoms with E-state index < -0.39 is 38.9 Å². The summed E-state index contributed by atoms with van der Waals surface area (Å²) in [5.74, 6) is 0.578. The number of alkyl halides is 3. The minimum Gasteiger partial charge on any atom is -0.335 e. The van der Waals surface area contributed by atoms with Crippen LogP contribution in [-0.2, 0) is 29.0 Å². The highest BCUT2D eigenvalue weighted by molar-refractivity contribution is 7.90. The number of sulfonamides is 1. The molecule has 1 unspecified atom stereocenters. The molecule has 0 bridgehead atoms. The lowest BCUT2D eigenvalue weighted by Crippen LogP contribution is -2.44. The Kier molecular flexibility index (Phi) is 7.94. The van der Waals surface area contributed by atoms with E-state index in [9.17, 15) is 26.4 Å². The van der Waals surface area contributed by atoms with Crippen LogP contribution in [0.1, 0.15) is 36.4 Å². The highest BCUT2D eigenvalue weighted by Gasteiger charge is 2.34. The van der Waals surface area contributed by atoms with E-state index in [2.05, 4.69) is 10.3 Å². The summed E-state index contributed by atoms with van der Waals surface area (Å²) in [5, 5.41) is 2.22. The number of aryl methyl sites for hydroxylation is 2. The van der Waals surface area contributed by atoms with Crippen LogP contribution in [0.2, 0.25) is 5.02 Å². The third-order valence-corrected chi connectivity index (χ3v) is 7.77. The summed E-state index contributed by atoms with van der Waals surface area (Å²) in [6, 6.07) is 14.4. The van der Waals surface area contributed by atoms with Crippen LogP contribution in [0.5, 0.6) is 0 Å². The topological polar surface area (TPSA) is 93.1 Å². The molecule has 0 saturated carbocycles. The Hall–Kier alpha value is -3.57. The van der Waals surface area contributed by atoms with Gasteiger partial charge in [-0.1, -0.05) is 48.4 Å². The number of carbonyl (C=O) groups is 1. The molecule has 3 aromatic carbocycles. The van der Waals surface area contributed by atoms with Crippen LogP contribution >= 0.6 is 11.6 Å². The number of benzene rings is 3. The van der Waals surface area contributed by atoms with Gasteiger partial charge >= 0.3 is 12.2 Å². The van der Waals surface area contributed by atoms with Gasteiger partial charge in [-0.25, -0.2) is 22.9 Å². The molecule has 12 heteroatoms. The molecule has 0 aliphatic rings. The Bertz CT molecular complexity index is 1620. The number of urea groups is 1. The van der Waals surface area contributed by atoms with Crippen LogP contribution in [0.15, 0.2) is 65.6 Å². The zero-order valence-electron chi connectivity index (χ0n) is 21.3. The zero-order chi connectivity index (χ0) is 28.5. The van der Waals surface area contributed by atoms with E-state index in [0.717, 1.165) is 17.2 Å². The number of rotatable bonds is 7. The van der Waals surface area contributed by atoms with Crippen LogP contribution in [0, 0.1) is 6.92 Å². The second kappa shape index (κ2) is 10.9. The number of imidazole rings is 1. The molecule has 1 atom stereocenters. The van der Waals surface area contributed by atoms with Crippen molar-refractivity contribution in [2.24, 2.45) is 0 Å². The number of hydrogen-bond acceptors (Lipinski definition) is 4. The molecule has 0 saturated heterocycles. The maximum atomic E-state index is 13.3. The molecular weight excluding hydrogens is 553 g/mol. The molecular formula is C27H26ClF3N4O3S. The summed E-state index contributed by atoms with van der Waals surface area (Å²) < 4.78 is 68.6. The van der Waals surface area contributed by atoms with Crippen molar-refractivity contribution in [2.75, 3.05) is 0 Å². The highest BCUT2D eigenvalue weighted by atomic mass is 35.5. The summed E-state index contributed by atoms with van der Waals surface area (Å²) in [7, 11) is -4.01. The fraction of sp³-hybridized carbons (Fsp3) is 0.259. The number of carbonyl (C=O) groups excluding carboxylic acids is 1. The first-order chi connectivity index (χ1) is 18.3. The van der Waals surface area contributed by atoms with Crippen LogP contribution < -0.4 is 10.0 Å². The van der Waals surface area contributed by atoms with Gasteiger partial charge in [0.25, 0.3) is 10.0 Å². The van der Waals surface area contributed by atoms with Gasteiger partial charge in [-0.15, -0.1) is 0 Å². The first kappa shape index (κ1) is 28.4. The summed E-state index contributed by atoms with van der Waals surface area (Å²) in [6.45, 7) is 5.42. The predicted molar refractivity (Wildman–Crippen MR) is 144 cm³/mol. The van der Waals surface area contributed by atoms with Gasteiger partial charge < -0.3 is 5.32 Å². The van der Waals surface area contributed by atoms with Crippen molar-refractivity contribution >= 4 is 38.7 Å². The van der Waals surface area contributed by atoms with Crippen LogP contribution in [-0.4, -0.2) is 30.0 Å². The second-order valence-electron chi connectivity index (χ2n) is 9.20. The Morgan fingerprint density at radius 3 is 2.31 bits per heavy atom. The van der Waals surface area contributed by atoms with Gasteiger partial charge in [0, 0.05) is 18.2 Å². The molecule has 0 aliphatic heterocycles. The minimum atomic E-state index is -4.59. The Labute approximate surface area is 229 Å². The van der Waals surface area contributed by atoms with Gasteiger partial charge in [0.05, 0.1) is 26.5 Å². The molecule has 2 amide bonds. The van der Waals surface area contributed by atoms with Crippen molar-refractivity contribution in [1.29, 1.82) is 0 Å². The van der Waals surface area contributed by atoms with E-state index in [4.69, 9.17) is 11.6 Å². The van der Waals surface area contributed by atoms with Gasteiger partial charge in [-0.3, -0.25) is 4.57 Å². The molecule has 2 N–H and O–H groups in total. The number of nitrogens with one attached hydrogen (secondary N) is 2. The normalized spacial score (nSPS) is 12.9. The van der Waals surface area contributed by atoms with E-state index in [1.807, 2.05) is 30.7 Å². The van der Waals surface area contributed by atoms with Crippen LogP contribution in [0.4, 0.5) is 18.0 Å². The van der Waals surface area contributed by atoms with Gasteiger partial charge in [0.1, 0.15) is 5.82 Å². The molecule has 1 aromatic heterocycles. The summed E-state index contributed by atoms with van der Waals surface area (Å²) in [4.78, 5) is 16.7. The standard InChI is InChI=1S/C27H26ClF3N4O3S/c1-4-25-33-23-14-21(27(29,30)31)22(28)15-24(23)35(25)19-9-7-18(8-10-19)13-17(3)32-26(36)34-39(37,38)20-11-5-16(2)6-12-20/h5-12,14-15,17H,4,13H2,1-3H3,(H2,32,34,36). The minimum absolute atomic E-state index is 0.0131. The first-order valence-electron chi connectivity index (χ1n) is 12.1. The predicted octanol–water partition coefficient (Wildman–Crippen LogP) is 6.19. The largest absolute Gasteiger partial charge is 0.417 e. The lowest BCUT2D eigenvalue weighted by Gasteiger charge is -2.16. The fourth-order valence-electron chi connectivity index (χ4n) is 4.23. The molecule has 0 aliphatic carbocycles. The third-order valence-electron chi connectivity index (χ3n) is 6.11. The molecule has 0 fully saturated rings. The number of fused-ring (bicyclic) bond motifs is 1. The molecule has 0 radical (unpaired) electrons. The van der Waals surface area contributed by atoms with Crippen molar-refractivity contribution in [1.82, 2.24) is 19.6 Å². The average molecular weight is 579 g/mol. The lowest BCUT2D eigenvalue weighted by molar-refractivity contribution is -0.137. The quantitative estimate of drug-likeness (QED) is 0.274. The molecule has 4 rings (SSSR count). The summed E-state index contributed by atoms with van der Waals surface area (Å²) in [6.07, 6.45) is -3.70. The fourth-order valence-corrected chi connectivity index (χ4v) is 5.41. The van der Waals surface area contributed by atoms with Gasteiger partial charge in [-0.2, -0.15) is 13.2 Å². The van der Waals surface area contributed by atoms with E-state index in [1.165, 1.54) is 18.2 Å². The van der Waals surface area contributed by atoms with E-state index >= 15 is 0 Å². The number of aromatic nitrogens is 2. The lowest BCUT2D eigenvalue weighted by atomic mass is 10.1. The van der Waals surface area contributed by atoms with E-state index in [0.29, 0.717) is 29.9 Å². The zero-order valence-corrected chi connectivity index (χ0v) is 22.9. The SMILES string of the molecule is CCc1nc2cc(C(F)(F)F)c(Cl)cc2n1-c1ccc(CC(C)NC(=O)NS(=O)(=O)c2ccc(C)cc2)cc1. The molecule has 1 heterocycles. The van der Waals surface area contributed by atoms with Crippen molar-refractivity contribution < 1.29 is 26.4 Å². The Morgan fingerprint density at radius 1 is 1.08 bits per heavy atom. The molecule has 0 spiro atoms. The van der Waals surface area contributed by atoms with E-state index in [1.54, 1.807) is 35.8 Å². The Balaban J connectivity index is 1.48. The molecule has 39 heavy (non-hydrogen) atoms. The monoisotopic (exact) mass is 578 g/mol. The van der Waals surface area contributed by atoms with Gasteiger partial charge in [-0.05, 0) is 62.2 Å². The van der Waals surface area contributed by atoms with Crippen molar-refractivity contribution in [3.05, 3.63) is 88.2 Å². The average Bonchev–Trinajstić information content (AvgIpc) is 3.20. The Morgan fingerprint density at radius 2 is 1.72 bits per heavy atom. The van der Waals surface area contributed by atoms with Gasteiger partial charge in [0.2, 0.25) is 0 Å². The first-order valence-corrected chi connectivity index (χ1v) is 13.9. The van der Waals surface area contributed by atoms with Crippen LogP contribution in [0.3, 0.4) is 0 Å². The number of hydrogen-bond donors (Lipinski definition) is 2. The second-order valence-corrected chi connectivity index (χ2v) is 11.3. The van der Waals surface area contributed by atoms with Crippen molar-refractivity contribution in [3.63, 3.8) is 0 Å². The maximum absolute atomic E-state index is 13.3. The maximum Gasteiger partial charge on any atom is 0.417 e. The van der Waals surface area contributed by atoms with E-state index in [-0.39, 0.29) is 10.4 Å². The third kappa shape index (κ3) is 6.36. The molecule has 4 aromatic rings. The number of nitrogens with zero attached hydrogens (tertiary/aromatic N) is 2.